The monoisotopic (exact) mass is 401 g/mol. The third-order valence-corrected chi connectivity index (χ3v) is 5.61. The SMILES string of the molecule is CCCCN(CCCC)c1cc(OC)c(C=Cc2ccc(C=O)s2)c(OC)c1. The van der Waals surface area contributed by atoms with E-state index < -0.39 is 0 Å². The van der Waals surface area contributed by atoms with Gasteiger partial charge in [-0.1, -0.05) is 26.7 Å². The molecule has 0 saturated carbocycles. The molecule has 0 atom stereocenters. The second-order valence-electron chi connectivity index (χ2n) is 6.65. The number of unbranched alkanes of at least 4 members (excludes halogenated alkanes) is 2. The van der Waals surface area contributed by atoms with Crippen molar-refractivity contribution < 1.29 is 14.3 Å². The van der Waals surface area contributed by atoms with Crippen molar-refractivity contribution in [1.29, 1.82) is 0 Å². The summed E-state index contributed by atoms with van der Waals surface area (Å²) in [5.74, 6) is 1.58. The van der Waals surface area contributed by atoms with E-state index in [1.54, 1.807) is 14.2 Å². The Labute approximate surface area is 172 Å². The van der Waals surface area contributed by atoms with Crippen LogP contribution in [-0.2, 0) is 0 Å². The van der Waals surface area contributed by atoms with E-state index in [0.717, 1.165) is 64.7 Å². The molecule has 0 aliphatic rings. The Kier molecular flexibility index (Phi) is 9.08. The third kappa shape index (κ3) is 5.86. The van der Waals surface area contributed by atoms with E-state index in [-0.39, 0.29) is 0 Å². The maximum Gasteiger partial charge on any atom is 0.160 e. The summed E-state index contributed by atoms with van der Waals surface area (Å²) in [6.07, 6.45) is 9.51. The van der Waals surface area contributed by atoms with Crippen LogP contribution in [0.15, 0.2) is 24.3 Å². The molecule has 1 heterocycles. The van der Waals surface area contributed by atoms with Crippen molar-refractivity contribution in [2.45, 2.75) is 39.5 Å². The smallest absolute Gasteiger partial charge is 0.160 e. The molecule has 2 aromatic rings. The topological polar surface area (TPSA) is 38.8 Å². The van der Waals surface area contributed by atoms with Crippen molar-refractivity contribution in [3.8, 4) is 11.5 Å². The van der Waals surface area contributed by atoms with Crippen LogP contribution in [0, 0.1) is 0 Å². The molecule has 4 nitrogen and oxygen atoms in total. The van der Waals surface area contributed by atoms with Crippen LogP contribution in [0.4, 0.5) is 5.69 Å². The fraction of sp³-hybridized carbons (Fsp3) is 0.435. The lowest BCUT2D eigenvalue weighted by Crippen LogP contribution is -2.25. The number of rotatable bonds is 12. The number of hydrogen-bond acceptors (Lipinski definition) is 5. The highest BCUT2D eigenvalue weighted by atomic mass is 32.1. The summed E-state index contributed by atoms with van der Waals surface area (Å²) in [7, 11) is 3.38. The number of hydrogen-bond donors (Lipinski definition) is 0. The van der Waals surface area contributed by atoms with Gasteiger partial charge in [0.2, 0.25) is 0 Å². The molecule has 28 heavy (non-hydrogen) atoms. The maximum atomic E-state index is 10.9. The summed E-state index contributed by atoms with van der Waals surface area (Å²) in [6.45, 7) is 6.49. The van der Waals surface area contributed by atoms with Gasteiger partial charge in [-0.05, 0) is 37.1 Å². The highest BCUT2D eigenvalue weighted by Crippen LogP contribution is 2.36. The molecular formula is C23H31NO3S. The van der Waals surface area contributed by atoms with E-state index in [9.17, 15) is 4.79 Å². The van der Waals surface area contributed by atoms with E-state index >= 15 is 0 Å². The average molecular weight is 402 g/mol. The second kappa shape index (κ2) is 11.5. The molecule has 0 radical (unpaired) electrons. The first-order valence-corrected chi connectivity index (χ1v) is 10.7. The van der Waals surface area contributed by atoms with Gasteiger partial charge in [0, 0.05) is 35.8 Å². The van der Waals surface area contributed by atoms with Gasteiger partial charge in [0.1, 0.15) is 11.5 Å². The third-order valence-electron chi connectivity index (χ3n) is 4.64. The van der Waals surface area contributed by atoms with E-state index in [1.807, 2.05) is 24.3 Å². The van der Waals surface area contributed by atoms with Crippen LogP contribution in [-0.4, -0.2) is 33.6 Å². The number of nitrogens with zero attached hydrogens (tertiary/aromatic N) is 1. The van der Waals surface area contributed by atoms with Crippen LogP contribution in [0.1, 0.15) is 59.6 Å². The molecule has 0 unspecified atom stereocenters. The molecule has 0 N–H and O–H groups in total. The first-order chi connectivity index (χ1) is 13.7. The number of anilines is 1. The molecule has 2 rings (SSSR count). The van der Waals surface area contributed by atoms with Gasteiger partial charge in [-0.3, -0.25) is 4.79 Å². The van der Waals surface area contributed by atoms with Crippen molar-refractivity contribution >= 4 is 35.5 Å². The number of ether oxygens (including phenoxy) is 2. The predicted molar refractivity (Wildman–Crippen MR) is 120 cm³/mol. The Morgan fingerprint density at radius 1 is 0.929 bits per heavy atom. The molecule has 0 aliphatic carbocycles. The summed E-state index contributed by atoms with van der Waals surface area (Å²) in [5.41, 5.74) is 2.04. The Morgan fingerprint density at radius 2 is 1.50 bits per heavy atom. The molecule has 0 saturated heterocycles. The van der Waals surface area contributed by atoms with Crippen molar-refractivity contribution in [2.75, 3.05) is 32.2 Å². The zero-order valence-electron chi connectivity index (χ0n) is 17.4. The van der Waals surface area contributed by atoms with Gasteiger partial charge in [-0.2, -0.15) is 0 Å². The Balaban J connectivity index is 2.36. The summed E-state index contributed by atoms with van der Waals surface area (Å²) in [5, 5.41) is 0. The van der Waals surface area contributed by atoms with Crippen LogP contribution in [0.25, 0.3) is 12.2 Å². The number of benzene rings is 1. The molecule has 0 spiro atoms. The highest BCUT2D eigenvalue weighted by Gasteiger charge is 2.14. The predicted octanol–water partition coefficient (Wildman–Crippen LogP) is 6.15. The average Bonchev–Trinajstić information content (AvgIpc) is 3.19. The Bertz CT molecular complexity index is 749. The first-order valence-electron chi connectivity index (χ1n) is 9.90. The molecule has 1 aromatic heterocycles. The lowest BCUT2D eigenvalue weighted by molar-refractivity contribution is 0.112. The van der Waals surface area contributed by atoms with E-state index in [0.29, 0.717) is 0 Å². The van der Waals surface area contributed by atoms with Gasteiger partial charge in [-0.25, -0.2) is 0 Å². The minimum atomic E-state index is 0.719. The largest absolute Gasteiger partial charge is 0.496 e. The van der Waals surface area contributed by atoms with Crippen molar-refractivity contribution in [2.24, 2.45) is 0 Å². The van der Waals surface area contributed by atoms with Gasteiger partial charge >= 0.3 is 0 Å². The van der Waals surface area contributed by atoms with Crippen molar-refractivity contribution in [1.82, 2.24) is 0 Å². The van der Waals surface area contributed by atoms with Crippen LogP contribution in [0.3, 0.4) is 0 Å². The lowest BCUT2D eigenvalue weighted by atomic mass is 10.1. The summed E-state index contributed by atoms with van der Waals surface area (Å²) < 4.78 is 11.4. The van der Waals surface area contributed by atoms with E-state index in [4.69, 9.17) is 9.47 Å². The number of carbonyl (C=O) groups is 1. The van der Waals surface area contributed by atoms with Crippen LogP contribution in [0.2, 0.25) is 0 Å². The molecule has 1 aromatic carbocycles. The van der Waals surface area contributed by atoms with Gasteiger partial charge in [0.25, 0.3) is 0 Å². The molecule has 5 heteroatoms. The van der Waals surface area contributed by atoms with E-state index in [1.165, 1.54) is 24.2 Å². The molecule has 0 fully saturated rings. The summed E-state index contributed by atoms with van der Waals surface area (Å²) in [6, 6.07) is 7.96. The quantitative estimate of drug-likeness (QED) is 0.400. The number of carbonyl (C=O) groups excluding carboxylic acids is 1. The molecule has 0 amide bonds. The van der Waals surface area contributed by atoms with Crippen LogP contribution < -0.4 is 14.4 Å². The Morgan fingerprint density at radius 3 is 1.96 bits per heavy atom. The summed E-state index contributed by atoms with van der Waals surface area (Å²) in [4.78, 5) is 15.0. The number of thiophene rings is 1. The van der Waals surface area contributed by atoms with Gasteiger partial charge in [0.15, 0.2) is 6.29 Å². The molecule has 0 bridgehead atoms. The minimum absolute atomic E-state index is 0.719. The Hall–Kier alpha value is -2.27. The second-order valence-corrected chi connectivity index (χ2v) is 7.80. The first kappa shape index (κ1) is 22.0. The van der Waals surface area contributed by atoms with Crippen LogP contribution >= 0.6 is 11.3 Å². The number of methoxy groups -OCH3 is 2. The standard InChI is InChI=1S/C23H31NO3S/c1-5-7-13-24(14-8-6-2)18-15-22(26-3)21(23(16-18)27-4)12-11-19-9-10-20(17-25)28-19/h9-12,15-17H,5-8,13-14H2,1-4H3. The zero-order chi connectivity index (χ0) is 20.4. The van der Waals surface area contributed by atoms with E-state index in [2.05, 4.69) is 30.9 Å². The fourth-order valence-corrected chi connectivity index (χ4v) is 3.76. The molecule has 152 valence electrons. The highest BCUT2D eigenvalue weighted by molar-refractivity contribution is 7.14. The normalized spacial score (nSPS) is 11.0. The molecular weight excluding hydrogens is 370 g/mol. The fourth-order valence-electron chi connectivity index (χ4n) is 3.03. The van der Waals surface area contributed by atoms with Crippen molar-refractivity contribution in [3.63, 3.8) is 0 Å². The van der Waals surface area contributed by atoms with Crippen LogP contribution in [0.5, 0.6) is 11.5 Å². The number of aldehydes is 1. The minimum Gasteiger partial charge on any atom is -0.496 e. The van der Waals surface area contributed by atoms with Gasteiger partial charge in [0.05, 0.1) is 24.7 Å². The maximum absolute atomic E-state index is 10.9. The van der Waals surface area contributed by atoms with Crippen molar-refractivity contribution in [3.05, 3.63) is 39.6 Å². The van der Waals surface area contributed by atoms with Gasteiger partial charge < -0.3 is 14.4 Å². The summed E-state index contributed by atoms with van der Waals surface area (Å²) >= 11 is 1.46. The lowest BCUT2D eigenvalue weighted by Gasteiger charge is -2.26. The zero-order valence-corrected chi connectivity index (χ0v) is 18.2. The van der Waals surface area contributed by atoms with Gasteiger partial charge in [-0.15, -0.1) is 11.3 Å². The molecule has 0 aliphatic heterocycles.